The van der Waals surface area contributed by atoms with E-state index < -0.39 is 43.2 Å². The lowest BCUT2D eigenvalue weighted by Crippen LogP contribution is -2.37. The summed E-state index contributed by atoms with van der Waals surface area (Å²) in [7, 11) is -4.10. The second-order valence-electron chi connectivity index (χ2n) is 3.82. The number of halogens is 1. The van der Waals surface area contributed by atoms with E-state index in [9.17, 15) is 27.7 Å². The van der Waals surface area contributed by atoms with Crippen molar-refractivity contribution in [3.63, 3.8) is 0 Å². The van der Waals surface area contributed by atoms with Gasteiger partial charge in [-0.05, 0) is 19.9 Å². The second kappa shape index (κ2) is 5.41. The molecular weight excluding hydrogens is 279 g/mol. The third kappa shape index (κ3) is 3.55. The SMILES string of the molecule is CC(=O)C(C)NS(=O)(=O)c1ccc([N+](=O)[O-])c(F)c1. The Kier molecular flexibility index (Phi) is 4.32. The lowest BCUT2D eigenvalue weighted by molar-refractivity contribution is -0.387. The molecule has 1 rings (SSSR count). The number of ketones is 1. The summed E-state index contributed by atoms with van der Waals surface area (Å²) in [5, 5.41) is 10.4. The first-order chi connectivity index (χ1) is 8.65. The number of carbonyl (C=O) groups excluding carboxylic acids is 1. The Morgan fingerprint density at radius 1 is 1.47 bits per heavy atom. The monoisotopic (exact) mass is 290 g/mol. The van der Waals surface area contributed by atoms with Crippen LogP contribution in [0.25, 0.3) is 0 Å². The summed E-state index contributed by atoms with van der Waals surface area (Å²) in [5.41, 5.74) is -0.821. The van der Waals surface area contributed by atoms with Gasteiger partial charge in [0.05, 0.1) is 15.9 Å². The van der Waals surface area contributed by atoms with Gasteiger partial charge in [0.25, 0.3) is 0 Å². The number of benzene rings is 1. The number of Topliss-reactive ketones (excluding diaryl/α,β-unsaturated/α-hetero) is 1. The third-order valence-corrected chi connectivity index (χ3v) is 3.91. The molecule has 1 N–H and O–H groups in total. The Morgan fingerprint density at radius 2 is 2.05 bits per heavy atom. The van der Waals surface area contributed by atoms with Crippen molar-refractivity contribution in [2.24, 2.45) is 0 Å². The van der Waals surface area contributed by atoms with Crippen molar-refractivity contribution >= 4 is 21.5 Å². The summed E-state index contributed by atoms with van der Waals surface area (Å²) in [5.74, 6) is -1.67. The van der Waals surface area contributed by atoms with Crippen molar-refractivity contribution in [3.05, 3.63) is 34.1 Å². The Hall–Kier alpha value is -1.87. The third-order valence-electron chi connectivity index (χ3n) is 2.37. The van der Waals surface area contributed by atoms with Crippen molar-refractivity contribution in [1.82, 2.24) is 4.72 Å². The highest BCUT2D eigenvalue weighted by molar-refractivity contribution is 7.89. The van der Waals surface area contributed by atoms with Gasteiger partial charge in [0.2, 0.25) is 15.8 Å². The van der Waals surface area contributed by atoms with Crippen LogP contribution >= 0.6 is 0 Å². The lowest BCUT2D eigenvalue weighted by Gasteiger charge is -2.11. The van der Waals surface area contributed by atoms with Crippen molar-refractivity contribution in [1.29, 1.82) is 0 Å². The molecule has 1 aromatic carbocycles. The Bertz CT molecular complexity index is 629. The first kappa shape index (κ1) is 15.2. The van der Waals surface area contributed by atoms with Crippen LogP contribution in [0.15, 0.2) is 23.1 Å². The second-order valence-corrected chi connectivity index (χ2v) is 5.54. The molecule has 1 unspecified atom stereocenters. The summed E-state index contributed by atoms with van der Waals surface area (Å²) < 4.78 is 38.9. The van der Waals surface area contributed by atoms with E-state index in [4.69, 9.17) is 0 Å². The fraction of sp³-hybridized carbons (Fsp3) is 0.300. The lowest BCUT2D eigenvalue weighted by atomic mass is 10.3. The highest BCUT2D eigenvalue weighted by Crippen LogP contribution is 2.20. The van der Waals surface area contributed by atoms with Crippen molar-refractivity contribution in [3.8, 4) is 0 Å². The summed E-state index contributed by atoms with van der Waals surface area (Å²) in [6.07, 6.45) is 0. The van der Waals surface area contributed by atoms with Gasteiger partial charge in [-0.2, -0.15) is 4.39 Å². The van der Waals surface area contributed by atoms with E-state index in [1.807, 2.05) is 4.72 Å². The van der Waals surface area contributed by atoms with E-state index in [0.29, 0.717) is 6.07 Å². The summed E-state index contributed by atoms with van der Waals surface area (Å²) in [6, 6.07) is 1.22. The number of carbonyl (C=O) groups is 1. The molecule has 0 heterocycles. The highest BCUT2D eigenvalue weighted by atomic mass is 32.2. The van der Waals surface area contributed by atoms with Gasteiger partial charge in [-0.15, -0.1) is 0 Å². The Balaban J connectivity index is 3.13. The molecule has 9 heteroatoms. The zero-order valence-corrected chi connectivity index (χ0v) is 10.9. The van der Waals surface area contributed by atoms with E-state index in [1.165, 1.54) is 13.8 Å². The van der Waals surface area contributed by atoms with Crippen LogP contribution in [-0.2, 0) is 14.8 Å². The van der Waals surface area contributed by atoms with Gasteiger partial charge in [-0.3, -0.25) is 14.9 Å². The van der Waals surface area contributed by atoms with Gasteiger partial charge in [-0.25, -0.2) is 13.1 Å². The highest BCUT2D eigenvalue weighted by Gasteiger charge is 2.23. The topological polar surface area (TPSA) is 106 Å². The molecule has 19 heavy (non-hydrogen) atoms. The smallest absolute Gasteiger partial charge is 0.298 e. The summed E-state index contributed by atoms with van der Waals surface area (Å²) in [4.78, 5) is 19.9. The Morgan fingerprint density at radius 3 is 2.47 bits per heavy atom. The quantitative estimate of drug-likeness (QED) is 0.643. The summed E-state index contributed by atoms with van der Waals surface area (Å²) in [6.45, 7) is 2.53. The first-order valence-electron chi connectivity index (χ1n) is 5.12. The summed E-state index contributed by atoms with van der Waals surface area (Å²) >= 11 is 0. The molecule has 104 valence electrons. The fourth-order valence-corrected chi connectivity index (χ4v) is 2.46. The molecule has 0 aromatic heterocycles. The molecule has 0 aliphatic heterocycles. The van der Waals surface area contributed by atoms with Crippen LogP contribution in [0.1, 0.15) is 13.8 Å². The zero-order chi connectivity index (χ0) is 14.8. The Labute approximate surface area is 108 Å². The average Bonchev–Trinajstić information content (AvgIpc) is 2.27. The van der Waals surface area contributed by atoms with Crippen LogP contribution in [0, 0.1) is 15.9 Å². The normalized spacial score (nSPS) is 13.0. The number of hydrogen-bond acceptors (Lipinski definition) is 5. The number of nitrogens with zero attached hydrogens (tertiary/aromatic N) is 1. The maximum absolute atomic E-state index is 13.3. The molecule has 1 aromatic rings. The average molecular weight is 290 g/mol. The molecule has 0 saturated heterocycles. The van der Waals surface area contributed by atoms with Gasteiger partial charge in [0, 0.05) is 12.1 Å². The molecule has 0 spiro atoms. The van der Waals surface area contributed by atoms with E-state index in [2.05, 4.69) is 0 Å². The van der Waals surface area contributed by atoms with Gasteiger partial charge >= 0.3 is 5.69 Å². The molecule has 0 fully saturated rings. The number of rotatable bonds is 5. The zero-order valence-electron chi connectivity index (χ0n) is 10.1. The molecular formula is C10H11FN2O5S. The predicted molar refractivity (Wildman–Crippen MR) is 63.5 cm³/mol. The number of nitrogens with one attached hydrogen (secondary N) is 1. The minimum absolute atomic E-state index is 0.411. The van der Waals surface area contributed by atoms with Gasteiger partial charge in [0.1, 0.15) is 5.78 Å². The predicted octanol–water partition coefficient (Wildman–Crippen LogP) is 0.990. The van der Waals surface area contributed by atoms with Crippen LogP contribution in [-0.4, -0.2) is 25.2 Å². The van der Waals surface area contributed by atoms with Crippen LogP contribution in [0.4, 0.5) is 10.1 Å². The number of nitro groups is 1. The maximum atomic E-state index is 13.3. The molecule has 0 aliphatic carbocycles. The van der Waals surface area contributed by atoms with Crippen LogP contribution in [0.5, 0.6) is 0 Å². The van der Waals surface area contributed by atoms with E-state index in [1.54, 1.807) is 0 Å². The van der Waals surface area contributed by atoms with Crippen molar-refractivity contribution < 1.29 is 22.5 Å². The van der Waals surface area contributed by atoms with Gasteiger partial charge < -0.3 is 0 Å². The van der Waals surface area contributed by atoms with Crippen LogP contribution in [0.2, 0.25) is 0 Å². The largest absolute Gasteiger partial charge is 0.304 e. The molecule has 0 amide bonds. The minimum Gasteiger partial charge on any atom is -0.298 e. The molecule has 0 radical (unpaired) electrons. The van der Waals surface area contributed by atoms with Crippen molar-refractivity contribution in [2.75, 3.05) is 0 Å². The van der Waals surface area contributed by atoms with Gasteiger partial charge in [0.15, 0.2) is 0 Å². The van der Waals surface area contributed by atoms with E-state index >= 15 is 0 Å². The van der Waals surface area contributed by atoms with Crippen LogP contribution in [0.3, 0.4) is 0 Å². The maximum Gasteiger partial charge on any atom is 0.304 e. The molecule has 0 saturated carbocycles. The van der Waals surface area contributed by atoms with Crippen LogP contribution < -0.4 is 4.72 Å². The fourth-order valence-electron chi connectivity index (χ4n) is 1.19. The molecule has 1 atom stereocenters. The molecule has 7 nitrogen and oxygen atoms in total. The van der Waals surface area contributed by atoms with Gasteiger partial charge in [-0.1, -0.05) is 0 Å². The first-order valence-corrected chi connectivity index (χ1v) is 6.60. The number of nitro benzene ring substituents is 1. The molecule has 0 bridgehead atoms. The van der Waals surface area contributed by atoms with E-state index in [0.717, 1.165) is 12.1 Å². The standard InChI is InChI=1S/C10H11FN2O5S/c1-6(7(2)14)12-19(17,18)8-3-4-10(13(15)16)9(11)5-8/h3-6,12H,1-2H3. The van der Waals surface area contributed by atoms with E-state index in [-0.39, 0.29) is 0 Å². The number of sulfonamides is 1. The molecule has 0 aliphatic rings. The minimum atomic E-state index is -4.10. The van der Waals surface area contributed by atoms with Crippen molar-refractivity contribution in [2.45, 2.75) is 24.8 Å². The number of hydrogen-bond donors (Lipinski definition) is 1.